The molecule has 0 bridgehead atoms. The van der Waals surface area contributed by atoms with E-state index in [1.165, 1.54) is 22.9 Å². The predicted octanol–water partition coefficient (Wildman–Crippen LogP) is 1.88. The highest BCUT2D eigenvalue weighted by Crippen LogP contribution is 2.30. The minimum atomic E-state index is -0.237. The highest BCUT2D eigenvalue weighted by Gasteiger charge is 2.24. The lowest BCUT2D eigenvalue weighted by atomic mass is 9.88. The fourth-order valence-electron chi connectivity index (χ4n) is 2.73. The summed E-state index contributed by atoms with van der Waals surface area (Å²) in [6, 6.07) is 8.47. The molecule has 6 nitrogen and oxygen atoms in total. The van der Waals surface area contributed by atoms with Gasteiger partial charge in [-0.25, -0.2) is 4.68 Å². The zero-order valence-electron chi connectivity index (χ0n) is 12.7. The molecule has 1 aromatic carbocycles. The Bertz CT molecular complexity index is 671. The molecule has 1 N–H and O–H groups in total. The average molecular weight is 317 g/mol. The van der Waals surface area contributed by atoms with E-state index in [1.807, 2.05) is 13.0 Å². The summed E-state index contributed by atoms with van der Waals surface area (Å²) in [7, 11) is 1.77. The molecule has 3 rings (SSSR count). The number of fused-ring (bicyclic) bond motifs is 1. The first-order valence-corrected chi connectivity index (χ1v) is 8.30. The first kappa shape index (κ1) is 15.0. The third-order valence-corrected chi connectivity index (χ3v) is 5.04. The van der Waals surface area contributed by atoms with E-state index in [1.54, 1.807) is 11.7 Å². The van der Waals surface area contributed by atoms with Crippen molar-refractivity contribution in [1.29, 1.82) is 0 Å². The third-order valence-electron chi connectivity index (χ3n) is 3.92. The molecule has 1 aromatic heterocycles. The van der Waals surface area contributed by atoms with Gasteiger partial charge in [0, 0.05) is 7.05 Å². The van der Waals surface area contributed by atoms with Crippen LogP contribution in [0.2, 0.25) is 0 Å². The van der Waals surface area contributed by atoms with Crippen molar-refractivity contribution in [2.45, 2.75) is 42.6 Å². The van der Waals surface area contributed by atoms with Gasteiger partial charge in [-0.1, -0.05) is 36.0 Å². The maximum Gasteiger partial charge on any atom is 0.233 e. The zero-order valence-corrected chi connectivity index (χ0v) is 13.5. The summed E-state index contributed by atoms with van der Waals surface area (Å²) in [6.45, 7) is 1.88. The number of nitrogens with one attached hydrogen (secondary N) is 1. The van der Waals surface area contributed by atoms with Crippen molar-refractivity contribution in [1.82, 2.24) is 25.5 Å². The van der Waals surface area contributed by atoms with Crippen LogP contribution in [-0.2, 0) is 18.3 Å². The van der Waals surface area contributed by atoms with E-state index in [0.29, 0.717) is 5.16 Å². The Labute approximate surface area is 133 Å². The SMILES string of the molecule is C[C@@H](Sc1nnnn1C)C(=O)N[C@H]1CCCc2ccccc21. The number of tetrazole rings is 1. The van der Waals surface area contributed by atoms with E-state index in [0.717, 1.165) is 19.3 Å². The monoisotopic (exact) mass is 317 g/mol. The first-order valence-electron chi connectivity index (χ1n) is 7.42. The zero-order chi connectivity index (χ0) is 15.5. The smallest absolute Gasteiger partial charge is 0.233 e. The van der Waals surface area contributed by atoms with E-state index < -0.39 is 0 Å². The van der Waals surface area contributed by atoms with Crippen LogP contribution in [0.15, 0.2) is 29.4 Å². The predicted molar refractivity (Wildman–Crippen MR) is 84.4 cm³/mol. The Hall–Kier alpha value is -1.89. The summed E-state index contributed by atoms with van der Waals surface area (Å²) in [5.41, 5.74) is 2.59. The highest BCUT2D eigenvalue weighted by atomic mass is 32.2. The van der Waals surface area contributed by atoms with E-state index >= 15 is 0 Å². The van der Waals surface area contributed by atoms with Gasteiger partial charge in [0.2, 0.25) is 11.1 Å². The molecule has 1 aliphatic carbocycles. The van der Waals surface area contributed by atoms with E-state index in [2.05, 4.69) is 39.0 Å². The van der Waals surface area contributed by atoms with Crippen molar-refractivity contribution in [3.8, 4) is 0 Å². The molecule has 116 valence electrons. The van der Waals surface area contributed by atoms with Crippen molar-refractivity contribution in [2.24, 2.45) is 7.05 Å². The Morgan fingerprint density at radius 3 is 3.05 bits per heavy atom. The molecular weight excluding hydrogens is 298 g/mol. The quantitative estimate of drug-likeness (QED) is 0.872. The second-order valence-electron chi connectivity index (χ2n) is 5.50. The summed E-state index contributed by atoms with van der Waals surface area (Å²) < 4.78 is 1.57. The summed E-state index contributed by atoms with van der Waals surface area (Å²) >= 11 is 1.37. The number of carbonyl (C=O) groups excluding carboxylic acids is 1. The third kappa shape index (κ3) is 3.14. The molecule has 1 amide bonds. The number of amides is 1. The fraction of sp³-hybridized carbons (Fsp3) is 0.467. The van der Waals surface area contributed by atoms with E-state index in [-0.39, 0.29) is 17.2 Å². The van der Waals surface area contributed by atoms with Gasteiger partial charge in [-0.2, -0.15) is 0 Å². The number of rotatable bonds is 4. The maximum atomic E-state index is 12.4. The summed E-state index contributed by atoms with van der Waals surface area (Å²) in [5, 5.41) is 14.9. The molecule has 22 heavy (non-hydrogen) atoms. The molecule has 2 atom stereocenters. The first-order chi connectivity index (χ1) is 10.6. The van der Waals surface area contributed by atoms with Gasteiger partial charge < -0.3 is 5.32 Å². The van der Waals surface area contributed by atoms with Crippen LogP contribution in [-0.4, -0.2) is 31.4 Å². The molecule has 0 spiro atoms. The second kappa shape index (κ2) is 6.48. The minimum absolute atomic E-state index is 0.0229. The molecule has 0 unspecified atom stereocenters. The van der Waals surface area contributed by atoms with Crippen LogP contribution in [0.3, 0.4) is 0 Å². The lowest BCUT2D eigenvalue weighted by Gasteiger charge is -2.27. The van der Waals surface area contributed by atoms with Crippen molar-refractivity contribution in [2.75, 3.05) is 0 Å². The number of aromatic nitrogens is 4. The van der Waals surface area contributed by atoms with Gasteiger partial charge in [-0.05, 0) is 47.7 Å². The van der Waals surface area contributed by atoms with Gasteiger partial charge in [0.25, 0.3) is 0 Å². The summed E-state index contributed by atoms with van der Waals surface area (Å²) in [5.74, 6) is 0.0229. The maximum absolute atomic E-state index is 12.4. The molecule has 0 radical (unpaired) electrons. The normalized spacial score (nSPS) is 18.5. The minimum Gasteiger partial charge on any atom is -0.348 e. The second-order valence-corrected chi connectivity index (χ2v) is 6.81. The number of aryl methyl sites for hydroxylation is 2. The molecule has 1 aliphatic rings. The van der Waals surface area contributed by atoms with Gasteiger partial charge in [0.1, 0.15) is 0 Å². The summed E-state index contributed by atoms with van der Waals surface area (Å²) in [4.78, 5) is 12.4. The molecular formula is C15H19N5OS. The van der Waals surface area contributed by atoms with E-state index in [4.69, 9.17) is 0 Å². The number of hydrogen-bond donors (Lipinski definition) is 1. The molecule has 0 aliphatic heterocycles. The number of nitrogens with zero attached hydrogens (tertiary/aromatic N) is 4. The molecule has 2 aromatic rings. The Morgan fingerprint density at radius 2 is 2.27 bits per heavy atom. The summed E-state index contributed by atoms with van der Waals surface area (Å²) in [6.07, 6.45) is 3.19. The van der Waals surface area contributed by atoms with Crippen molar-refractivity contribution in [3.05, 3.63) is 35.4 Å². The molecule has 0 fully saturated rings. The Balaban J connectivity index is 1.66. The van der Waals surface area contributed by atoms with Crippen LogP contribution in [0.4, 0.5) is 0 Å². The van der Waals surface area contributed by atoms with E-state index in [9.17, 15) is 4.79 Å². The number of carbonyl (C=O) groups is 1. The lowest BCUT2D eigenvalue weighted by Crippen LogP contribution is -2.36. The van der Waals surface area contributed by atoms with Crippen LogP contribution in [0.25, 0.3) is 0 Å². The topological polar surface area (TPSA) is 72.7 Å². The largest absolute Gasteiger partial charge is 0.348 e. The average Bonchev–Trinajstić information content (AvgIpc) is 2.93. The number of hydrogen-bond acceptors (Lipinski definition) is 5. The van der Waals surface area contributed by atoms with Gasteiger partial charge >= 0.3 is 0 Å². The van der Waals surface area contributed by atoms with Gasteiger partial charge in [0.15, 0.2) is 0 Å². The standard InChI is InChI=1S/C15H19N5OS/c1-10(22-15-17-18-19-20(15)2)14(21)16-13-9-5-7-11-6-3-4-8-12(11)13/h3-4,6,8,10,13H,5,7,9H2,1-2H3,(H,16,21)/t10-,13+/m1/s1. The molecule has 0 saturated heterocycles. The van der Waals surface area contributed by atoms with Gasteiger partial charge in [0.05, 0.1) is 11.3 Å². The molecule has 7 heteroatoms. The van der Waals surface area contributed by atoms with Crippen molar-refractivity contribution in [3.63, 3.8) is 0 Å². The Morgan fingerprint density at radius 1 is 1.45 bits per heavy atom. The lowest BCUT2D eigenvalue weighted by molar-refractivity contribution is -0.121. The Kier molecular flexibility index (Phi) is 4.42. The van der Waals surface area contributed by atoms with Gasteiger partial charge in [-0.3, -0.25) is 4.79 Å². The highest BCUT2D eigenvalue weighted by molar-refractivity contribution is 8.00. The van der Waals surface area contributed by atoms with Crippen LogP contribution in [0.5, 0.6) is 0 Å². The van der Waals surface area contributed by atoms with Gasteiger partial charge in [-0.15, -0.1) is 5.10 Å². The fourth-order valence-corrected chi connectivity index (χ4v) is 3.49. The number of thioether (sulfide) groups is 1. The van der Waals surface area contributed by atoms with Crippen LogP contribution >= 0.6 is 11.8 Å². The molecule has 1 heterocycles. The van der Waals surface area contributed by atoms with Crippen molar-refractivity contribution < 1.29 is 4.79 Å². The molecule has 0 saturated carbocycles. The van der Waals surface area contributed by atoms with Crippen LogP contribution in [0.1, 0.15) is 36.9 Å². The van der Waals surface area contributed by atoms with Crippen LogP contribution in [0, 0.1) is 0 Å². The van der Waals surface area contributed by atoms with Crippen LogP contribution < -0.4 is 5.32 Å². The number of benzene rings is 1. The van der Waals surface area contributed by atoms with Crippen molar-refractivity contribution >= 4 is 17.7 Å².